The number of nitrogens with zero attached hydrogens (tertiary/aromatic N) is 3. The molecule has 0 spiro atoms. The van der Waals surface area contributed by atoms with Gasteiger partial charge in [-0.2, -0.15) is 8.42 Å². The second kappa shape index (κ2) is 7.63. The number of anilines is 2. The van der Waals surface area contributed by atoms with E-state index in [-0.39, 0.29) is 9.47 Å². The lowest BCUT2D eigenvalue weighted by Crippen LogP contribution is -2.26. The molecule has 7 nitrogen and oxygen atoms in total. The zero-order valence-electron chi connectivity index (χ0n) is 14.4. The molecule has 0 unspecified atom stereocenters. The van der Waals surface area contributed by atoms with Crippen molar-refractivity contribution in [3.63, 3.8) is 0 Å². The molecule has 3 rings (SSSR count). The van der Waals surface area contributed by atoms with Gasteiger partial charge in [0.1, 0.15) is 0 Å². The summed E-state index contributed by atoms with van der Waals surface area (Å²) in [7, 11) is -2.45. The van der Waals surface area contributed by atoms with Gasteiger partial charge in [0.2, 0.25) is 5.13 Å². The average Bonchev–Trinajstić information content (AvgIpc) is 3.11. The molecule has 140 valence electrons. The van der Waals surface area contributed by atoms with E-state index >= 15 is 0 Å². The lowest BCUT2D eigenvalue weighted by atomic mass is 10.2. The molecule has 3 aromatic rings. The Morgan fingerprint density at radius 3 is 2.52 bits per heavy atom. The number of nitrogens with one attached hydrogen (secondary N) is 1. The van der Waals surface area contributed by atoms with E-state index in [4.69, 9.17) is 11.6 Å². The standard InChI is InChI=1S/C17H15ClN4O3S2/c1-11-6-8-14(9-7-11)22(2)27(24,25)17-21-20-16(26-17)19-15(23)12-4-3-5-13(18)10-12/h3-10H,1-2H3,(H,19,20,23). The van der Waals surface area contributed by atoms with Crippen molar-refractivity contribution in [2.45, 2.75) is 11.3 Å². The third-order valence-corrected chi connectivity index (χ3v) is 6.90. The van der Waals surface area contributed by atoms with Crippen LogP contribution in [0.1, 0.15) is 15.9 Å². The molecule has 0 aliphatic rings. The van der Waals surface area contributed by atoms with Crippen molar-refractivity contribution in [1.82, 2.24) is 10.2 Å². The Kier molecular flexibility index (Phi) is 5.45. The Bertz CT molecular complexity index is 1080. The van der Waals surface area contributed by atoms with Crippen LogP contribution in [0.15, 0.2) is 52.9 Å². The third-order valence-electron chi connectivity index (χ3n) is 3.69. The van der Waals surface area contributed by atoms with Crippen LogP contribution in [0.5, 0.6) is 0 Å². The van der Waals surface area contributed by atoms with Crippen molar-refractivity contribution in [3.8, 4) is 0 Å². The highest BCUT2D eigenvalue weighted by atomic mass is 35.5. The van der Waals surface area contributed by atoms with Gasteiger partial charge < -0.3 is 0 Å². The van der Waals surface area contributed by atoms with Gasteiger partial charge in [-0.1, -0.05) is 46.7 Å². The van der Waals surface area contributed by atoms with Crippen LogP contribution in [0.2, 0.25) is 5.02 Å². The van der Waals surface area contributed by atoms with Gasteiger partial charge in [0, 0.05) is 17.6 Å². The largest absolute Gasteiger partial charge is 0.296 e. The van der Waals surface area contributed by atoms with Gasteiger partial charge in [0.15, 0.2) is 0 Å². The smallest absolute Gasteiger partial charge is 0.293 e. The maximum Gasteiger partial charge on any atom is 0.293 e. The minimum atomic E-state index is -3.89. The van der Waals surface area contributed by atoms with E-state index in [0.717, 1.165) is 21.2 Å². The fourth-order valence-corrected chi connectivity index (χ4v) is 4.61. The van der Waals surface area contributed by atoms with E-state index in [1.54, 1.807) is 30.3 Å². The van der Waals surface area contributed by atoms with Crippen LogP contribution in [-0.2, 0) is 10.0 Å². The highest BCUT2D eigenvalue weighted by molar-refractivity contribution is 7.94. The monoisotopic (exact) mass is 422 g/mol. The maximum atomic E-state index is 12.7. The van der Waals surface area contributed by atoms with Crippen LogP contribution < -0.4 is 9.62 Å². The number of hydrogen-bond acceptors (Lipinski definition) is 6. The van der Waals surface area contributed by atoms with Crippen molar-refractivity contribution in [3.05, 3.63) is 64.7 Å². The van der Waals surface area contributed by atoms with E-state index in [0.29, 0.717) is 16.3 Å². The molecule has 0 aliphatic carbocycles. The first-order valence-electron chi connectivity index (χ1n) is 7.73. The van der Waals surface area contributed by atoms with Crippen molar-refractivity contribution in [1.29, 1.82) is 0 Å². The predicted molar refractivity (Wildman–Crippen MR) is 106 cm³/mol. The highest BCUT2D eigenvalue weighted by Crippen LogP contribution is 2.27. The molecule has 0 atom stereocenters. The van der Waals surface area contributed by atoms with Gasteiger partial charge in [-0.25, -0.2) is 0 Å². The number of benzene rings is 2. The van der Waals surface area contributed by atoms with Crippen LogP contribution in [-0.4, -0.2) is 31.6 Å². The van der Waals surface area contributed by atoms with Crippen molar-refractivity contribution in [2.24, 2.45) is 0 Å². The molecule has 0 radical (unpaired) electrons. The van der Waals surface area contributed by atoms with Gasteiger partial charge in [-0.05, 0) is 37.3 Å². The molecule has 0 bridgehead atoms. The second-order valence-corrected chi connectivity index (χ2v) is 9.20. The van der Waals surface area contributed by atoms with E-state index in [1.807, 2.05) is 19.1 Å². The fourth-order valence-electron chi connectivity index (χ4n) is 2.17. The number of hydrogen-bond donors (Lipinski definition) is 1. The molecule has 1 N–H and O–H groups in total. The molecule has 10 heteroatoms. The zero-order chi connectivity index (χ0) is 19.6. The summed E-state index contributed by atoms with van der Waals surface area (Å²) >= 11 is 6.64. The Hall–Kier alpha value is -2.49. The Morgan fingerprint density at radius 2 is 1.85 bits per heavy atom. The first kappa shape index (κ1) is 19.3. The van der Waals surface area contributed by atoms with Crippen LogP contribution in [0.3, 0.4) is 0 Å². The van der Waals surface area contributed by atoms with Crippen LogP contribution in [0.4, 0.5) is 10.8 Å². The number of aryl methyl sites for hydroxylation is 1. The van der Waals surface area contributed by atoms with Crippen molar-refractivity contribution < 1.29 is 13.2 Å². The summed E-state index contributed by atoms with van der Waals surface area (Å²) in [4.78, 5) is 12.2. The molecule has 27 heavy (non-hydrogen) atoms. The summed E-state index contributed by atoms with van der Waals surface area (Å²) in [5.41, 5.74) is 1.85. The molecule has 2 aromatic carbocycles. The number of sulfonamides is 1. The van der Waals surface area contributed by atoms with Crippen LogP contribution in [0, 0.1) is 6.92 Å². The van der Waals surface area contributed by atoms with Gasteiger partial charge >= 0.3 is 0 Å². The number of amides is 1. The van der Waals surface area contributed by atoms with Crippen molar-refractivity contribution >= 4 is 49.7 Å². The van der Waals surface area contributed by atoms with E-state index in [2.05, 4.69) is 15.5 Å². The Morgan fingerprint density at radius 1 is 1.15 bits per heavy atom. The molecule has 1 heterocycles. The summed E-state index contributed by atoms with van der Waals surface area (Å²) in [6.45, 7) is 1.91. The van der Waals surface area contributed by atoms with E-state index in [1.165, 1.54) is 13.1 Å². The molecule has 0 aliphatic heterocycles. The average molecular weight is 423 g/mol. The number of halogens is 1. The van der Waals surface area contributed by atoms with Gasteiger partial charge in [-0.15, -0.1) is 10.2 Å². The van der Waals surface area contributed by atoms with Crippen molar-refractivity contribution in [2.75, 3.05) is 16.7 Å². The van der Waals surface area contributed by atoms with Crippen LogP contribution in [0.25, 0.3) is 0 Å². The summed E-state index contributed by atoms with van der Waals surface area (Å²) in [6.07, 6.45) is 0. The molecule has 0 fully saturated rings. The van der Waals surface area contributed by atoms with E-state index in [9.17, 15) is 13.2 Å². The number of carbonyl (C=O) groups is 1. The highest BCUT2D eigenvalue weighted by Gasteiger charge is 2.26. The maximum absolute atomic E-state index is 12.7. The molecule has 0 saturated heterocycles. The first-order valence-corrected chi connectivity index (χ1v) is 10.4. The second-order valence-electron chi connectivity index (χ2n) is 5.65. The minimum absolute atomic E-state index is 0.0795. The Labute approximate surface area is 165 Å². The van der Waals surface area contributed by atoms with Gasteiger partial charge in [0.05, 0.1) is 5.69 Å². The van der Waals surface area contributed by atoms with Gasteiger partial charge in [-0.3, -0.25) is 14.4 Å². The normalized spacial score (nSPS) is 11.2. The SMILES string of the molecule is Cc1ccc(N(C)S(=O)(=O)c2nnc(NC(=O)c3cccc(Cl)c3)s2)cc1. The fraction of sp³-hybridized carbons (Fsp3) is 0.118. The quantitative estimate of drug-likeness (QED) is 0.634. The minimum Gasteiger partial charge on any atom is -0.296 e. The number of aromatic nitrogens is 2. The lowest BCUT2D eigenvalue weighted by molar-refractivity contribution is 0.102. The third kappa shape index (κ3) is 4.26. The summed E-state index contributed by atoms with van der Waals surface area (Å²) in [6, 6.07) is 13.4. The molecule has 1 amide bonds. The zero-order valence-corrected chi connectivity index (χ0v) is 16.8. The molecule has 0 saturated carbocycles. The van der Waals surface area contributed by atoms with E-state index < -0.39 is 15.9 Å². The summed E-state index contributed by atoms with van der Waals surface area (Å²) in [5, 5.41) is 10.5. The lowest BCUT2D eigenvalue weighted by Gasteiger charge is -2.17. The first-order chi connectivity index (χ1) is 12.8. The molecular formula is C17H15ClN4O3S2. The number of rotatable bonds is 5. The van der Waals surface area contributed by atoms with Gasteiger partial charge in [0.25, 0.3) is 20.3 Å². The van der Waals surface area contributed by atoms with Crippen LogP contribution >= 0.6 is 22.9 Å². The number of carbonyl (C=O) groups excluding carboxylic acids is 1. The Balaban J connectivity index is 1.79. The molecule has 1 aromatic heterocycles. The predicted octanol–water partition coefficient (Wildman–Crippen LogP) is 3.58. The topological polar surface area (TPSA) is 92.3 Å². The molecular weight excluding hydrogens is 408 g/mol. The summed E-state index contributed by atoms with van der Waals surface area (Å²) in [5.74, 6) is -0.454. The summed E-state index contributed by atoms with van der Waals surface area (Å²) < 4.78 is 26.4.